The molecule has 1 saturated heterocycles. The van der Waals surface area contributed by atoms with E-state index in [2.05, 4.69) is 11.5 Å². The van der Waals surface area contributed by atoms with Crippen molar-refractivity contribution in [3.05, 3.63) is 12.7 Å². The quantitative estimate of drug-likeness (QED) is 0.731. The molecule has 2 fully saturated rings. The third-order valence-corrected chi connectivity index (χ3v) is 4.45. The van der Waals surface area contributed by atoms with Crippen LogP contribution >= 0.6 is 0 Å². The van der Waals surface area contributed by atoms with Crippen molar-refractivity contribution in [1.82, 2.24) is 9.80 Å². The number of nitrogens with zero attached hydrogens (tertiary/aromatic N) is 2. The highest BCUT2D eigenvalue weighted by molar-refractivity contribution is 5.87. The molecule has 0 aromatic carbocycles. The van der Waals surface area contributed by atoms with Gasteiger partial charge >= 0.3 is 0 Å². The van der Waals surface area contributed by atoms with Gasteiger partial charge in [0.2, 0.25) is 11.8 Å². The average Bonchev–Trinajstić information content (AvgIpc) is 2.93. The van der Waals surface area contributed by atoms with Crippen molar-refractivity contribution < 1.29 is 9.59 Å². The summed E-state index contributed by atoms with van der Waals surface area (Å²) in [5.41, 5.74) is 0. The maximum Gasteiger partial charge on any atom is 0.246 e. The van der Waals surface area contributed by atoms with Gasteiger partial charge in [-0.3, -0.25) is 9.59 Å². The standard InChI is InChI=1S/C15H24N2O2/c1-3-15(19)17(13-6-4-5-7-13)14-8-10-16(11-9-14)12(2)18/h3,13-14H,1,4-11H2,2H3. The first kappa shape index (κ1) is 14.1. The van der Waals surface area contributed by atoms with Crippen LogP contribution in [0, 0.1) is 0 Å². The van der Waals surface area contributed by atoms with E-state index in [0.717, 1.165) is 38.8 Å². The van der Waals surface area contributed by atoms with Gasteiger partial charge in [0.15, 0.2) is 0 Å². The van der Waals surface area contributed by atoms with E-state index >= 15 is 0 Å². The fourth-order valence-corrected chi connectivity index (χ4v) is 3.40. The van der Waals surface area contributed by atoms with Crippen molar-refractivity contribution in [3.8, 4) is 0 Å². The number of carbonyl (C=O) groups is 2. The summed E-state index contributed by atoms with van der Waals surface area (Å²) in [7, 11) is 0. The molecule has 0 spiro atoms. The van der Waals surface area contributed by atoms with E-state index in [9.17, 15) is 9.59 Å². The monoisotopic (exact) mass is 264 g/mol. The van der Waals surface area contributed by atoms with Crippen LogP contribution in [-0.2, 0) is 9.59 Å². The summed E-state index contributed by atoms with van der Waals surface area (Å²) < 4.78 is 0. The molecule has 1 heterocycles. The minimum atomic E-state index is 0.0631. The summed E-state index contributed by atoms with van der Waals surface area (Å²) in [6.07, 6.45) is 7.91. The van der Waals surface area contributed by atoms with Gasteiger partial charge < -0.3 is 9.80 Å². The van der Waals surface area contributed by atoms with Crippen LogP contribution in [-0.4, -0.2) is 46.8 Å². The predicted molar refractivity (Wildman–Crippen MR) is 74.6 cm³/mol. The van der Waals surface area contributed by atoms with Gasteiger partial charge in [0.25, 0.3) is 0 Å². The highest BCUT2D eigenvalue weighted by atomic mass is 16.2. The minimum absolute atomic E-state index is 0.0631. The fraction of sp³-hybridized carbons (Fsp3) is 0.733. The van der Waals surface area contributed by atoms with Crippen LogP contribution in [0.15, 0.2) is 12.7 Å². The number of amides is 2. The predicted octanol–water partition coefficient (Wildman–Crippen LogP) is 1.95. The first-order valence-electron chi connectivity index (χ1n) is 7.33. The van der Waals surface area contributed by atoms with Gasteiger partial charge in [0.1, 0.15) is 0 Å². The smallest absolute Gasteiger partial charge is 0.246 e. The van der Waals surface area contributed by atoms with Crippen molar-refractivity contribution in [2.75, 3.05) is 13.1 Å². The third-order valence-electron chi connectivity index (χ3n) is 4.45. The number of carbonyl (C=O) groups excluding carboxylic acids is 2. The van der Waals surface area contributed by atoms with Crippen molar-refractivity contribution in [3.63, 3.8) is 0 Å². The van der Waals surface area contributed by atoms with Crippen molar-refractivity contribution in [2.45, 2.75) is 57.5 Å². The maximum absolute atomic E-state index is 12.1. The van der Waals surface area contributed by atoms with E-state index < -0.39 is 0 Å². The second kappa shape index (κ2) is 6.22. The minimum Gasteiger partial charge on any atom is -0.343 e. The van der Waals surface area contributed by atoms with Crippen LogP contribution in [0.2, 0.25) is 0 Å². The number of piperidine rings is 1. The van der Waals surface area contributed by atoms with E-state index in [0.29, 0.717) is 6.04 Å². The molecule has 4 nitrogen and oxygen atoms in total. The van der Waals surface area contributed by atoms with E-state index in [4.69, 9.17) is 0 Å². The second-order valence-corrected chi connectivity index (χ2v) is 5.63. The third kappa shape index (κ3) is 3.17. The molecular formula is C15H24N2O2. The van der Waals surface area contributed by atoms with Gasteiger partial charge in [0, 0.05) is 32.1 Å². The van der Waals surface area contributed by atoms with Crippen LogP contribution in [0.25, 0.3) is 0 Å². The lowest BCUT2D eigenvalue weighted by Crippen LogP contribution is -2.51. The normalized spacial score (nSPS) is 21.4. The topological polar surface area (TPSA) is 40.6 Å². The Hall–Kier alpha value is -1.32. The van der Waals surface area contributed by atoms with Crippen LogP contribution in [0.4, 0.5) is 0 Å². The van der Waals surface area contributed by atoms with E-state index in [1.165, 1.54) is 18.9 Å². The van der Waals surface area contributed by atoms with Gasteiger partial charge in [-0.15, -0.1) is 0 Å². The molecule has 0 aromatic heterocycles. The van der Waals surface area contributed by atoms with Crippen LogP contribution in [0.3, 0.4) is 0 Å². The lowest BCUT2D eigenvalue weighted by molar-refractivity contribution is -0.134. The molecule has 2 rings (SSSR count). The second-order valence-electron chi connectivity index (χ2n) is 5.63. The van der Waals surface area contributed by atoms with Crippen molar-refractivity contribution in [2.24, 2.45) is 0 Å². The molecule has 0 unspecified atom stereocenters. The summed E-state index contributed by atoms with van der Waals surface area (Å²) in [6, 6.07) is 0.670. The van der Waals surface area contributed by atoms with E-state index in [-0.39, 0.29) is 17.9 Å². The molecule has 2 aliphatic rings. The van der Waals surface area contributed by atoms with E-state index in [1.54, 1.807) is 6.92 Å². The Balaban J connectivity index is 2.01. The van der Waals surface area contributed by atoms with Gasteiger partial charge in [0.05, 0.1) is 0 Å². The summed E-state index contributed by atoms with van der Waals surface area (Å²) in [6.45, 7) is 6.79. The Bertz CT molecular complexity index is 353. The number of hydrogen-bond donors (Lipinski definition) is 0. The lowest BCUT2D eigenvalue weighted by atomic mass is 10.00. The van der Waals surface area contributed by atoms with Gasteiger partial charge in [-0.2, -0.15) is 0 Å². The molecule has 4 heteroatoms. The summed E-state index contributed by atoms with van der Waals surface area (Å²) in [5, 5.41) is 0. The molecule has 1 aliphatic heterocycles. The lowest BCUT2D eigenvalue weighted by Gasteiger charge is -2.41. The molecule has 0 aromatic rings. The zero-order chi connectivity index (χ0) is 13.8. The van der Waals surface area contributed by atoms with Gasteiger partial charge in [-0.05, 0) is 31.8 Å². The SMILES string of the molecule is C=CC(=O)N(C1CCCC1)C1CCN(C(C)=O)CC1. The largest absolute Gasteiger partial charge is 0.343 e. The molecule has 0 atom stereocenters. The molecule has 0 N–H and O–H groups in total. The summed E-state index contributed by atoms with van der Waals surface area (Å²) in [4.78, 5) is 27.4. The number of likely N-dealkylation sites (tertiary alicyclic amines) is 1. The first-order chi connectivity index (χ1) is 9.13. The molecule has 2 amide bonds. The average molecular weight is 264 g/mol. The van der Waals surface area contributed by atoms with Crippen molar-refractivity contribution >= 4 is 11.8 Å². The molecule has 1 aliphatic carbocycles. The Kier molecular flexibility index (Phi) is 4.61. The summed E-state index contributed by atoms with van der Waals surface area (Å²) >= 11 is 0. The fourth-order valence-electron chi connectivity index (χ4n) is 3.40. The Labute approximate surface area is 115 Å². The number of hydrogen-bond acceptors (Lipinski definition) is 2. The van der Waals surface area contributed by atoms with Crippen LogP contribution in [0.5, 0.6) is 0 Å². The van der Waals surface area contributed by atoms with Crippen molar-refractivity contribution in [1.29, 1.82) is 0 Å². The first-order valence-corrected chi connectivity index (χ1v) is 7.33. The molecule has 1 saturated carbocycles. The highest BCUT2D eigenvalue weighted by Crippen LogP contribution is 2.28. The van der Waals surface area contributed by atoms with E-state index in [1.807, 2.05) is 4.90 Å². The molecule has 0 radical (unpaired) electrons. The Morgan fingerprint density at radius 2 is 1.63 bits per heavy atom. The molecule has 106 valence electrons. The molecular weight excluding hydrogens is 240 g/mol. The zero-order valence-corrected chi connectivity index (χ0v) is 11.8. The highest BCUT2D eigenvalue weighted by Gasteiger charge is 2.33. The van der Waals surface area contributed by atoms with Crippen LogP contribution in [0.1, 0.15) is 45.4 Å². The molecule has 19 heavy (non-hydrogen) atoms. The summed E-state index contributed by atoms with van der Waals surface area (Å²) in [5.74, 6) is 0.203. The van der Waals surface area contributed by atoms with Gasteiger partial charge in [-0.1, -0.05) is 19.4 Å². The molecule has 0 bridgehead atoms. The maximum atomic E-state index is 12.1. The van der Waals surface area contributed by atoms with Gasteiger partial charge in [-0.25, -0.2) is 0 Å². The Morgan fingerprint density at radius 1 is 1.11 bits per heavy atom. The number of rotatable bonds is 3. The van der Waals surface area contributed by atoms with Crippen LogP contribution < -0.4 is 0 Å². The Morgan fingerprint density at radius 3 is 2.11 bits per heavy atom. The zero-order valence-electron chi connectivity index (χ0n) is 11.8.